The standard InChI is InChI=1S/C31H28NO/c1-19-24-11-7-6-10-22(24)17-27-29(19)31-30-26(14-15-32(31)2)25-13-12-21(20-8-4-3-5-9-20)16-23(25)18-28(30)33-27/h6-7,10-18,20H,3-5,8-9H2,1-2H3/q+1. The third-order valence-electron chi connectivity index (χ3n) is 8.03. The largest absolute Gasteiger partial charge is 0.456 e. The summed E-state index contributed by atoms with van der Waals surface area (Å²) >= 11 is 0. The first-order valence-electron chi connectivity index (χ1n) is 12.3. The number of hydrogen-bond donors (Lipinski definition) is 0. The SMILES string of the molecule is Cc1c2c(cc3ccccc13)Oc1cc3cc(C4CCCCC4)ccc3c3cc[n+](C)c-2c13. The van der Waals surface area contributed by atoms with E-state index in [2.05, 4.69) is 85.4 Å². The second kappa shape index (κ2) is 7.05. The molecule has 2 heterocycles. The Morgan fingerprint density at radius 1 is 0.788 bits per heavy atom. The van der Waals surface area contributed by atoms with E-state index in [1.54, 1.807) is 0 Å². The molecule has 2 heteroatoms. The number of ether oxygens (including phenoxy) is 1. The average molecular weight is 431 g/mol. The van der Waals surface area contributed by atoms with Crippen LogP contribution in [0.5, 0.6) is 11.5 Å². The van der Waals surface area contributed by atoms with Gasteiger partial charge in [0.05, 0.1) is 10.9 Å². The molecule has 1 saturated carbocycles. The molecule has 2 nitrogen and oxygen atoms in total. The number of aryl methyl sites for hydroxylation is 2. The Balaban J connectivity index is 1.52. The van der Waals surface area contributed by atoms with Gasteiger partial charge in [0, 0.05) is 11.5 Å². The van der Waals surface area contributed by atoms with Gasteiger partial charge in [0.1, 0.15) is 18.5 Å². The summed E-state index contributed by atoms with van der Waals surface area (Å²) in [6.45, 7) is 2.23. The maximum absolute atomic E-state index is 6.67. The third-order valence-corrected chi connectivity index (χ3v) is 8.03. The first kappa shape index (κ1) is 19.1. The molecule has 1 aromatic heterocycles. The van der Waals surface area contributed by atoms with Crippen molar-refractivity contribution < 1.29 is 9.30 Å². The molecule has 0 bridgehead atoms. The van der Waals surface area contributed by atoms with Crippen molar-refractivity contribution in [3.05, 3.63) is 78.0 Å². The topological polar surface area (TPSA) is 13.1 Å². The number of hydrogen-bond acceptors (Lipinski definition) is 1. The molecule has 1 fully saturated rings. The van der Waals surface area contributed by atoms with Crippen LogP contribution in [0.15, 0.2) is 66.9 Å². The van der Waals surface area contributed by atoms with Crippen LogP contribution in [0.1, 0.15) is 49.1 Å². The van der Waals surface area contributed by atoms with Gasteiger partial charge < -0.3 is 4.74 Å². The third kappa shape index (κ3) is 2.76. The Kier molecular flexibility index (Phi) is 4.08. The number of fused-ring (bicyclic) bond motifs is 5. The first-order valence-corrected chi connectivity index (χ1v) is 12.3. The smallest absolute Gasteiger partial charge is 0.228 e. The van der Waals surface area contributed by atoms with Crippen molar-refractivity contribution in [1.82, 2.24) is 0 Å². The minimum Gasteiger partial charge on any atom is -0.456 e. The van der Waals surface area contributed by atoms with Crippen molar-refractivity contribution in [1.29, 1.82) is 0 Å². The molecular formula is C31H28NO+. The van der Waals surface area contributed by atoms with Crippen molar-refractivity contribution in [2.75, 3.05) is 0 Å². The summed E-state index contributed by atoms with van der Waals surface area (Å²) in [4.78, 5) is 0. The van der Waals surface area contributed by atoms with Gasteiger partial charge in [-0.15, -0.1) is 0 Å². The Hall–Kier alpha value is -3.39. The van der Waals surface area contributed by atoms with Crippen LogP contribution >= 0.6 is 0 Å². The zero-order valence-electron chi connectivity index (χ0n) is 19.3. The van der Waals surface area contributed by atoms with Gasteiger partial charge in [-0.25, -0.2) is 4.57 Å². The summed E-state index contributed by atoms with van der Waals surface area (Å²) in [5.41, 5.74) is 5.25. The molecule has 0 saturated heterocycles. The average Bonchev–Trinajstić information content (AvgIpc) is 2.85. The first-order chi connectivity index (χ1) is 16.2. The van der Waals surface area contributed by atoms with Crippen LogP contribution in [0.3, 0.4) is 0 Å². The lowest BCUT2D eigenvalue weighted by molar-refractivity contribution is -0.659. The molecule has 0 amide bonds. The second-order valence-corrected chi connectivity index (χ2v) is 9.95. The number of pyridine rings is 1. The lowest BCUT2D eigenvalue weighted by Gasteiger charge is -2.24. The van der Waals surface area contributed by atoms with Crippen molar-refractivity contribution in [2.24, 2.45) is 7.05 Å². The highest BCUT2D eigenvalue weighted by Gasteiger charge is 2.31. The molecule has 0 atom stereocenters. The predicted molar refractivity (Wildman–Crippen MR) is 136 cm³/mol. The predicted octanol–water partition coefficient (Wildman–Crippen LogP) is 8.10. The summed E-state index contributed by atoms with van der Waals surface area (Å²) in [5.74, 6) is 2.64. The van der Waals surface area contributed by atoms with Gasteiger partial charge >= 0.3 is 0 Å². The zero-order valence-corrected chi connectivity index (χ0v) is 19.3. The van der Waals surface area contributed by atoms with Crippen LogP contribution in [0, 0.1) is 6.92 Å². The molecule has 7 rings (SSSR count). The van der Waals surface area contributed by atoms with E-state index in [0.717, 1.165) is 11.5 Å². The highest BCUT2D eigenvalue weighted by molar-refractivity contribution is 6.16. The van der Waals surface area contributed by atoms with E-state index in [0.29, 0.717) is 5.92 Å². The summed E-state index contributed by atoms with van der Waals surface area (Å²) < 4.78 is 8.93. The van der Waals surface area contributed by atoms with Gasteiger partial charge in [-0.05, 0) is 70.5 Å². The summed E-state index contributed by atoms with van der Waals surface area (Å²) in [7, 11) is 2.15. The van der Waals surface area contributed by atoms with E-state index < -0.39 is 0 Å². The van der Waals surface area contributed by atoms with Crippen LogP contribution < -0.4 is 9.30 Å². The van der Waals surface area contributed by atoms with Gasteiger partial charge in [0.2, 0.25) is 5.69 Å². The molecule has 0 radical (unpaired) electrons. The zero-order chi connectivity index (χ0) is 22.1. The van der Waals surface area contributed by atoms with Gasteiger partial charge in [0.15, 0.2) is 6.20 Å². The van der Waals surface area contributed by atoms with E-state index in [1.165, 1.54) is 86.8 Å². The van der Waals surface area contributed by atoms with E-state index in [4.69, 9.17) is 4.74 Å². The Labute approximate surface area is 194 Å². The molecule has 33 heavy (non-hydrogen) atoms. The fourth-order valence-electron chi connectivity index (χ4n) is 6.34. The van der Waals surface area contributed by atoms with Crippen LogP contribution in [0.2, 0.25) is 0 Å². The monoisotopic (exact) mass is 430 g/mol. The van der Waals surface area contributed by atoms with Crippen molar-refractivity contribution >= 4 is 32.3 Å². The number of benzene rings is 4. The lowest BCUT2D eigenvalue weighted by atomic mass is 9.83. The fourth-order valence-corrected chi connectivity index (χ4v) is 6.34. The molecule has 1 aliphatic heterocycles. The quantitative estimate of drug-likeness (QED) is 0.190. The molecule has 162 valence electrons. The molecule has 0 N–H and O–H groups in total. The minimum absolute atomic E-state index is 0.704. The summed E-state index contributed by atoms with van der Waals surface area (Å²) in [6, 6.07) is 22.5. The summed E-state index contributed by atoms with van der Waals surface area (Å²) in [6.07, 6.45) is 8.96. The number of rotatable bonds is 1. The van der Waals surface area contributed by atoms with Gasteiger partial charge in [0.25, 0.3) is 0 Å². The Bertz CT molecular complexity index is 1590. The molecule has 5 aromatic rings. The normalized spacial score (nSPS) is 15.7. The van der Waals surface area contributed by atoms with Gasteiger partial charge in [-0.1, -0.05) is 61.7 Å². The molecule has 1 aliphatic carbocycles. The summed E-state index contributed by atoms with van der Waals surface area (Å²) in [5, 5.41) is 7.64. The van der Waals surface area contributed by atoms with Crippen LogP contribution in [0.25, 0.3) is 43.6 Å². The maximum atomic E-state index is 6.67. The van der Waals surface area contributed by atoms with Gasteiger partial charge in [-0.2, -0.15) is 0 Å². The molecule has 4 aromatic carbocycles. The molecular weight excluding hydrogens is 402 g/mol. The van der Waals surface area contributed by atoms with E-state index in [1.807, 2.05) is 0 Å². The maximum Gasteiger partial charge on any atom is 0.228 e. The Morgan fingerprint density at radius 2 is 1.61 bits per heavy atom. The molecule has 2 aliphatic rings. The lowest BCUT2D eigenvalue weighted by Crippen LogP contribution is -2.31. The minimum atomic E-state index is 0.704. The van der Waals surface area contributed by atoms with Gasteiger partial charge in [-0.3, -0.25) is 0 Å². The van der Waals surface area contributed by atoms with Crippen molar-refractivity contribution in [2.45, 2.75) is 44.9 Å². The highest BCUT2D eigenvalue weighted by Crippen LogP contribution is 2.50. The Morgan fingerprint density at radius 3 is 2.48 bits per heavy atom. The second-order valence-electron chi connectivity index (χ2n) is 9.95. The van der Waals surface area contributed by atoms with Crippen molar-refractivity contribution in [3.8, 4) is 22.8 Å². The van der Waals surface area contributed by atoms with E-state index >= 15 is 0 Å². The van der Waals surface area contributed by atoms with E-state index in [9.17, 15) is 0 Å². The number of aromatic nitrogens is 1. The molecule has 0 spiro atoms. The van der Waals surface area contributed by atoms with Crippen LogP contribution in [-0.4, -0.2) is 0 Å². The number of nitrogens with zero attached hydrogens (tertiary/aromatic N) is 1. The van der Waals surface area contributed by atoms with Crippen LogP contribution in [-0.2, 0) is 7.05 Å². The van der Waals surface area contributed by atoms with E-state index in [-0.39, 0.29) is 0 Å². The fraction of sp³-hybridized carbons (Fsp3) is 0.258. The highest BCUT2D eigenvalue weighted by atomic mass is 16.5. The van der Waals surface area contributed by atoms with Crippen molar-refractivity contribution in [3.63, 3.8) is 0 Å². The van der Waals surface area contributed by atoms with Crippen LogP contribution in [0.4, 0.5) is 0 Å². The molecule has 0 unspecified atom stereocenters.